The highest BCUT2D eigenvalue weighted by Crippen LogP contribution is 2.22. The van der Waals surface area contributed by atoms with Gasteiger partial charge in [-0.05, 0) is 24.3 Å². The lowest BCUT2D eigenvalue weighted by atomic mass is 10.0. The molecule has 0 aromatic carbocycles. The molecule has 0 heterocycles. The van der Waals surface area contributed by atoms with Crippen molar-refractivity contribution < 1.29 is 0 Å². The van der Waals surface area contributed by atoms with Crippen LogP contribution < -0.4 is 0 Å². The summed E-state index contributed by atoms with van der Waals surface area (Å²) < 4.78 is 0. The highest BCUT2D eigenvalue weighted by Gasteiger charge is 2.11. The van der Waals surface area contributed by atoms with Gasteiger partial charge in [0.25, 0.3) is 0 Å². The van der Waals surface area contributed by atoms with Crippen molar-refractivity contribution in [2.75, 3.05) is 0 Å². The third-order valence-electron chi connectivity index (χ3n) is 1.72. The fourth-order valence-corrected chi connectivity index (χ4v) is 0.790. The second-order valence-corrected chi connectivity index (χ2v) is 2.41. The molecule has 0 aliphatic heterocycles. The highest BCUT2D eigenvalue weighted by atomic mass is 14.2. The van der Waals surface area contributed by atoms with Crippen LogP contribution in [0.4, 0.5) is 0 Å². The number of hydrogen-bond donors (Lipinski definition) is 0. The minimum absolute atomic E-state index is 0.778. The number of allylic oxidation sites excluding steroid dienone is 2. The summed E-state index contributed by atoms with van der Waals surface area (Å²) in [5, 5.41) is 0. The monoisotopic (exact) mass is 95.1 g/mol. The molecular weight excluding hydrogens is 84.1 g/mol. The van der Waals surface area contributed by atoms with E-state index in [9.17, 15) is 0 Å². The Morgan fingerprint density at radius 3 is 2.43 bits per heavy atom. The van der Waals surface area contributed by atoms with E-state index in [1.807, 2.05) is 0 Å². The zero-order chi connectivity index (χ0) is 5.28. The molecule has 0 saturated heterocycles. The summed E-state index contributed by atoms with van der Waals surface area (Å²) >= 11 is 0. The lowest BCUT2D eigenvalue weighted by Crippen LogP contribution is -1.96. The summed E-state index contributed by atoms with van der Waals surface area (Å²) in [5.41, 5.74) is 0. The molecule has 0 nitrogen and oxygen atoms in total. The zero-order valence-electron chi connectivity index (χ0n) is 4.94. The summed E-state index contributed by atoms with van der Waals surface area (Å²) in [6, 6.07) is 0. The molecule has 0 fully saturated rings. The van der Waals surface area contributed by atoms with Gasteiger partial charge in [-0.15, -0.1) is 0 Å². The van der Waals surface area contributed by atoms with Crippen molar-refractivity contribution in [2.45, 2.75) is 20.3 Å². The van der Waals surface area contributed by atoms with Crippen molar-refractivity contribution in [1.82, 2.24) is 0 Å². The zero-order valence-corrected chi connectivity index (χ0v) is 4.94. The minimum Gasteiger partial charge on any atom is -0.0779 e. The molecular formula is C7H11. The first kappa shape index (κ1) is 4.89. The van der Waals surface area contributed by atoms with E-state index in [2.05, 4.69) is 26.0 Å². The predicted molar refractivity (Wildman–Crippen MR) is 30.8 cm³/mol. The first-order chi connectivity index (χ1) is 3.30. The Hall–Kier alpha value is -0.260. The van der Waals surface area contributed by atoms with E-state index in [-0.39, 0.29) is 0 Å². The molecule has 39 valence electrons. The van der Waals surface area contributed by atoms with E-state index in [0.717, 1.165) is 11.8 Å². The Morgan fingerprint density at radius 2 is 2.29 bits per heavy atom. The molecule has 0 N–H and O–H groups in total. The van der Waals surface area contributed by atoms with Crippen molar-refractivity contribution in [3.8, 4) is 0 Å². The van der Waals surface area contributed by atoms with Gasteiger partial charge < -0.3 is 0 Å². The normalized spacial score (nSPS) is 39.7. The molecule has 0 heteroatoms. The van der Waals surface area contributed by atoms with Crippen LogP contribution in [0.2, 0.25) is 0 Å². The van der Waals surface area contributed by atoms with Crippen LogP contribution in [0.25, 0.3) is 0 Å². The van der Waals surface area contributed by atoms with E-state index < -0.39 is 0 Å². The summed E-state index contributed by atoms with van der Waals surface area (Å²) in [7, 11) is 0. The fraction of sp³-hybridized carbons (Fsp3) is 0.714. The molecule has 0 amide bonds. The molecule has 2 unspecified atom stereocenters. The van der Waals surface area contributed by atoms with E-state index in [1.54, 1.807) is 0 Å². The average Bonchev–Trinajstić information content (AvgIpc) is 1.91. The van der Waals surface area contributed by atoms with Crippen molar-refractivity contribution in [3.05, 3.63) is 12.2 Å². The quantitative estimate of drug-likeness (QED) is 0.432. The van der Waals surface area contributed by atoms with Gasteiger partial charge in [-0.2, -0.15) is 0 Å². The smallest absolute Gasteiger partial charge is 0.0227 e. The van der Waals surface area contributed by atoms with Gasteiger partial charge in [0.05, 0.1) is 0 Å². The van der Waals surface area contributed by atoms with Crippen molar-refractivity contribution in [3.63, 3.8) is 0 Å². The van der Waals surface area contributed by atoms with Gasteiger partial charge in [0, 0.05) is 0 Å². The van der Waals surface area contributed by atoms with Crippen molar-refractivity contribution >= 4 is 0 Å². The Labute approximate surface area is 45.2 Å². The maximum absolute atomic E-state index is 3.20. The summed E-state index contributed by atoms with van der Waals surface area (Å²) in [4.78, 5) is 0. The molecule has 0 saturated carbocycles. The molecule has 1 aliphatic carbocycles. The number of rotatable bonds is 0. The molecule has 0 bridgehead atoms. The minimum atomic E-state index is 0.778. The topological polar surface area (TPSA) is 0 Å². The summed E-state index contributed by atoms with van der Waals surface area (Å²) in [6.07, 6.45) is 6.54. The van der Waals surface area contributed by atoms with Crippen LogP contribution in [-0.2, 0) is 0 Å². The Morgan fingerprint density at radius 1 is 1.57 bits per heavy atom. The van der Waals surface area contributed by atoms with Gasteiger partial charge in [-0.1, -0.05) is 19.9 Å². The SMILES string of the molecule is CC1C=[C]CC1C. The second-order valence-electron chi connectivity index (χ2n) is 2.41. The van der Waals surface area contributed by atoms with Crippen LogP contribution in [0, 0.1) is 17.9 Å². The van der Waals surface area contributed by atoms with Crippen LogP contribution in [-0.4, -0.2) is 0 Å². The molecule has 2 atom stereocenters. The van der Waals surface area contributed by atoms with Crippen LogP contribution in [0.5, 0.6) is 0 Å². The number of hydrogen-bond acceptors (Lipinski definition) is 0. The Balaban J connectivity index is 2.45. The first-order valence-electron chi connectivity index (χ1n) is 2.87. The molecule has 0 aromatic heterocycles. The molecule has 7 heavy (non-hydrogen) atoms. The van der Waals surface area contributed by atoms with Crippen molar-refractivity contribution in [2.24, 2.45) is 11.8 Å². The summed E-state index contributed by atoms with van der Waals surface area (Å²) in [5.74, 6) is 1.62. The van der Waals surface area contributed by atoms with Gasteiger partial charge >= 0.3 is 0 Å². The van der Waals surface area contributed by atoms with Gasteiger partial charge in [0.1, 0.15) is 0 Å². The van der Waals surface area contributed by atoms with E-state index in [1.165, 1.54) is 6.42 Å². The predicted octanol–water partition coefficient (Wildman–Crippen LogP) is 2.02. The molecule has 0 aromatic rings. The molecule has 1 rings (SSSR count). The lowest BCUT2D eigenvalue weighted by molar-refractivity contribution is 0.496. The van der Waals surface area contributed by atoms with Crippen LogP contribution >= 0.6 is 0 Å². The van der Waals surface area contributed by atoms with Gasteiger partial charge in [-0.25, -0.2) is 0 Å². The third-order valence-corrected chi connectivity index (χ3v) is 1.72. The maximum Gasteiger partial charge on any atom is -0.0227 e. The lowest BCUT2D eigenvalue weighted by Gasteiger charge is -2.04. The third kappa shape index (κ3) is 0.846. The Kier molecular flexibility index (Phi) is 1.18. The van der Waals surface area contributed by atoms with E-state index >= 15 is 0 Å². The van der Waals surface area contributed by atoms with Crippen LogP contribution in [0.3, 0.4) is 0 Å². The molecule has 1 radical (unpaired) electrons. The van der Waals surface area contributed by atoms with Gasteiger partial charge in [0.2, 0.25) is 0 Å². The average molecular weight is 95.2 g/mol. The second kappa shape index (κ2) is 1.69. The molecule has 1 aliphatic rings. The van der Waals surface area contributed by atoms with Crippen LogP contribution in [0.15, 0.2) is 6.08 Å². The first-order valence-corrected chi connectivity index (χ1v) is 2.87. The fourth-order valence-electron chi connectivity index (χ4n) is 0.790. The Bertz CT molecular complexity index is 82.0. The van der Waals surface area contributed by atoms with Gasteiger partial charge in [-0.3, -0.25) is 0 Å². The maximum atomic E-state index is 3.20. The van der Waals surface area contributed by atoms with Crippen LogP contribution in [0.1, 0.15) is 20.3 Å². The largest absolute Gasteiger partial charge is 0.0779 e. The van der Waals surface area contributed by atoms with E-state index in [4.69, 9.17) is 0 Å². The molecule has 0 spiro atoms. The highest BCUT2D eigenvalue weighted by molar-refractivity contribution is 4.91. The van der Waals surface area contributed by atoms with Crippen molar-refractivity contribution in [1.29, 1.82) is 0 Å². The van der Waals surface area contributed by atoms with Gasteiger partial charge in [0.15, 0.2) is 0 Å². The standard InChI is InChI=1S/C7H11/c1-6-4-3-5-7(6)2/h4,6-7H,5H2,1-2H3. The summed E-state index contributed by atoms with van der Waals surface area (Å²) in [6.45, 7) is 4.51. The van der Waals surface area contributed by atoms with E-state index in [0.29, 0.717) is 0 Å².